The van der Waals surface area contributed by atoms with Crippen molar-refractivity contribution in [3.05, 3.63) is 59.4 Å². The number of fused-ring (bicyclic) bond motifs is 1. The summed E-state index contributed by atoms with van der Waals surface area (Å²) in [6.45, 7) is 0.513. The van der Waals surface area contributed by atoms with E-state index in [4.69, 9.17) is 5.73 Å². The number of hydrogen-bond acceptors (Lipinski definition) is 3. The maximum atomic E-state index is 13.8. The van der Waals surface area contributed by atoms with Gasteiger partial charge in [-0.05, 0) is 29.3 Å². The molecule has 0 aliphatic carbocycles. The second-order valence-corrected chi connectivity index (χ2v) is 6.64. The second-order valence-electron chi connectivity index (χ2n) is 4.73. The summed E-state index contributed by atoms with van der Waals surface area (Å²) in [6.07, 6.45) is 0. The van der Waals surface area contributed by atoms with Crippen molar-refractivity contribution in [2.24, 2.45) is 0 Å². The highest BCUT2D eigenvalue weighted by atomic mass is 32.2. The lowest BCUT2D eigenvalue weighted by atomic mass is 10.1. The van der Waals surface area contributed by atoms with Crippen molar-refractivity contribution in [2.75, 3.05) is 5.73 Å². The maximum Gasteiger partial charge on any atom is 0.246 e. The van der Waals surface area contributed by atoms with Crippen LogP contribution in [-0.2, 0) is 23.1 Å². The molecule has 0 unspecified atom stereocenters. The minimum Gasteiger partial charge on any atom is -0.399 e. The number of benzene rings is 2. The summed E-state index contributed by atoms with van der Waals surface area (Å²) in [4.78, 5) is -0.370. The number of anilines is 1. The van der Waals surface area contributed by atoms with Gasteiger partial charge in [0.1, 0.15) is 10.7 Å². The zero-order valence-corrected chi connectivity index (χ0v) is 11.4. The van der Waals surface area contributed by atoms with E-state index in [1.165, 1.54) is 10.4 Å². The Bertz CT molecular complexity index is 749. The Kier molecular flexibility index (Phi) is 2.99. The van der Waals surface area contributed by atoms with Crippen LogP contribution in [-0.4, -0.2) is 12.7 Å². The topological polar surface area (TPSA) is 63.4 Å². The average Bonchev–Trinajstić information content (AvgIpc) is 2.86. The molecule has 0 radical (unpaired) electrons. The SMILES string of the molecule is Nc1ccc(F)c(S(=O)(=O)N2Cc3ccccc3C2)c1. The fraction of sp³-hybridized carbons (Fsp3) is 0.143. The largest absolute Gasteiger partial charge is 0.399 e. The fourth-order valence-corrected chi connectivity index (χ4v) is 3.82. The van der Waals surface area contributed by atoms with E-state index in [0.29, 0.717) is 0 Å². The van der Waals surface area contributed by atoms with Gasteiger partial charge in [0.2, 0.25) is 10.0 Å². The van der Waals surface area contributed by atoms with E-state index in [9.17, 15) is 12.8 Å². The van der Waals surface area contributed by atoms with E-state index in [-0.39, 0.29) is 23.7 Å². The van der Waals surface area contributed by atoms with E-state index < -0.39 is 15.8 Å². The third-order valence-corrected chi connectivity index (χ3v) is 5.19. The van der Waals surface area contributed by atoms with Crippen LogP contribution in [0, 0.1) is 5.82 Å². The summed E-state index contributed by atoms with van der Waals surface area (Å²) in [5, 5.41) is 0. The third-order valence-electron chi connectivity index (χ3n) is 3.38. The average molecular weight is 292 g/mol. The van der Waals surface area contributed by atoms with Crippen molar-refractivity contribution >= 4 is 15.7 Å². The second kappa shape index (κ2) is 4.57. The quantitative estimate of drug-likeness (QED) is 0.862. The molecular weight excluding hydrogens is 279 g/mol. The van der Waals surface area contributed by atoms with Crippen molar-refractivity contribution in [3.63, 3.8) is 0 Å². The Morgan fingerprint density at radius 2 is 1.65 bits per heavy atom. The highest BCUT2D eigenvalue weighted by Gasteiger charge is 2.32. The van der Waals surface area contributed by atoms with Crippen LogP contribution in [0.25, 0.3) is 0 Å². The Morgan fingerprint density at radius 1 is 1.05 bits per heavy atom. The van der Waals surface area contributed by atoms with Crippen molar-refractivity contribution in [1.29, 1.82) is 0 Å². The fourth-order valence-electron chi connectivity index (χ4n) is 2.33. The predicted octanol–water partition coefficient (Wildman–Crippen LogP) is 2.11. The molecule has 20 heavy (non-hydrogen) atoms. The number of nitrogens with two attached hydrogens (primary N) is 1. The Labute approximate surface area is 116 Å². The standard InChI is InChI=1S/C14H13FN2O2S/c15-13-6-5-12(16)7-14(13)20(18,19)17-8-10-3-1-2-4-11(10)9-17/h1-7H,8-9,16H2. The number of hydrogen-bond donors (Lipinski definition) is 1. The van der Waals surface area contributed by atoms with E-state index in [1.54, 1.807) is 0 Å². The van der Waals surface area contributed by atoms with Gasteiger partial charge in [-0.2, -0.15) is 4.31 Å². The van der Waals surface area contributed by atoms with Crippen LogP contribution in [0.3, 0.4) is 0 Å². The molecule has 4 nitrogen and oxygen atoms in total. The van der Waals surface area contributed by atoms with Gasteiger partial charge in [0.05, 0.1) is 0 Å². The maximum absolute atomic E-state index is 13.8. The lowest BCUT2D eigenvalue weighted by Gasteiger charge is -2.16. The zero-order valence-electron chi connectivity index (χ0n) is 10.6. The molecule has 1 aliphatic rings. The molecule has 1 aliphatic heterocycles. The van der Waals surface area contributed by atoms with Crippen LogP contribution in [0.15, 0.2) is 47.4 Å². The molecule has 0 atom stereocenters. The molecule has 2 aromatic carbocycles. The molecule has 0 amide bonds. The monoisotopic (exact) mass is 292 g/mol. The zero-order chi connectivity index (χ0) is 14.3. The van der Waals surface area contributed by atoms with Crippen LogP contribution in [0.5, 0.6) is 0 Å². The van der Waals surface area contributed by atoms with E-state index in [1.807, 2.05) is 24.3 Å². The molecule has 1 heterocycles. The minimum absolute atomic E-state index is 0.224. The number of halogens is 1. The first-order chi connectivity index (χ1) is 9.48. The van der Waals surface area contributed by atoms with Crippen molar-refractivity contribution in [3.8, 4) is 0 Å². The van der Waals surface area contributed by atoms with E-state index >= 15 is 0 Å². The van der Waals surface area contributed by atoms with Gasteiger partial charge in [0, 0.05) is 18.8 Å². The summed E-state index contributed by atoms with van der Waals surface area (Å²) in [6, 6.07) is 11.0. The smallest absolute Gasteiger partial charge is 0.246 e. The molecular formula is C14H13FN2O2S. The highest BCUT2D eigenvalue weighted by Crippen LogP contribution is 2.30. The first-order valence-corrected chi connectivity index (χ1v) is 7.54. The molecule has 0 fully saturated rings. The lowest BCUT2D eigenvalue weighted by molar-refractivity contribution is 0.427. The van der Waals surface area contributed by atoms with Crippen LogP contribution in [0.1, 0.15) is 11.1 Å². The number of nitrogen functional groups attached to an aromatic ring is 1. The van der Waals surface area contributed by atoms with Gasteiger partial charge in [-0.15, -0.1) is 0 Å². The molecule has 0 spiro atoms. The van der Waals surface area contributed by atoms with Gasteiger partial charge in [-0.1, -0.05) is 24.3 Å². The third kappa shape index (κ3) is 2.07. The Balaban J connectivity index is 2.01. The highest BCUT2D eigenvalue weighted by molar-refractivity contribution is 7.89. The molecule has 0 aromatic heterocycles. The predicted molar refractivity (Wildman–Crippen MR) is 73.7 cm³/mol. The molecule has 2 N–H and O–H groups in total. The molecule has 0 bridgehead atoms. The molecule has 3 rings (SSSR count). The van der Waals surface area contributed by atoms with E-state index in [0.717, 1.165) is 23.3 Å². The summed E-state index contributed by atoms with van der Waals surface area (Å²) in [5.74, 6) is -0.782. The summed E-state index contributed by atoms with van der Waals surface area (Å²) in [7, 11) is -3.88. The van der Waals surface area contributed by atoms with Crippen molar-refractivity contribution < 1.29 is 12.8 Å². The number of nitrogens with zero attached hydrogens (tertiary/aromatic N) is 1. The number of sulfonamides is 1. The summed E-state index contributed by atoms with van der Waals surface area (Å²) < 4.78 is 40.1. The van der Waals surface area contributed by atoms with Gasteiger partial charge in [-0.3, -0.25) is 0 Å². The van der Waals surface area contributed by atoms with Crippen molar-refractivity contribution in [1.82, 2.24) is 4.31 Å². The van der Waals surface area contributed by atoms with Crippen LogP contribution in [0.2, 0.25) is 0 Å². The van der Waals surface area contributed by atoms with Gasteiger partial charge in [-0.25, -0.2) is 12.8 Å². The van der Waals surface area contributed by atoms with Gasteiger partial charge >= 0.3 is 0 Å². The van der Waals surface area contributed by atoms with Gasteiger partial charge in [0.25, 0.3) is 0 Å². The lowest BCUT2D eigenvalue weighted by Crippen LogP contribution is -2.26. The molecule has 2 aromatic rings. The molecule has 6 heteroatoms. The van der Waals surface area contributed by atoms with Crippen LogP contribution < -0.4 is 5.73 Å². The Hall–Kier alpha value is -1.92. The van der Waals surface area contributed by atoms with Crippen molar-refractivity contribution in [2.45, 2.75) is 18.0 Å². The molecule has 0 saturated heterocycles. The molecule has 0 saturated carbocycles. The first kappa shape index (κ1) is 13.1. The van der Waals surface area contributed by atoms with Crippen LogP contribution >= 0.6 is 0 Å². The minimum atomic E-state index is -3.88. The number of rotatable bonds is 2. The summed E-state index contributed by atoms with van der Waals surface area (Å²) >= 11 is 0. The van der Waals surface area contributed by atoms with Crippen LogP contribution in [0.4, 0.5) is 10.1 Å². The first-order valence-electron chi connectivity index (χ1n) is 6.10. The summed E-state index contributed by atoms with van der Waals surface area (Å²) in [5.41, 5.74) is 7.67. The van der Waals surface area contributed by atoms with E-state index in [2.05, 4.69) is 0 Å². The molecule has 104 valence electrons. The van der Waals surface area contributed by atoms with Gasteiger partial charge in [0.15, 0.2) is 0 Å². The van der Waals surface area contributed by atoms with Gasteiger partial charge < -0.3 is 5.73 Å². The Morgan fingerprint density at radius 3 is 2.25 bits per heavy atom. The normalized spacial score (nSPS) is 15.2.